The van der Waals surface area contributed by atoms with Gasteiger partial charge in [-0.15, -0.1) is 0 Å². The van der Waals surface area contributed by atoms with Gasteiger partial charge < -0.3 is 0 Å². The Hall–Kier alpha value is -1.61. The average Bonchev–Trinajstić information content (AvgIpc) is 2.63. The Kier molecular flexibility index (Phi) is 2.71. The van der Waals surface area contributed by atoms with E-state index >= 15 is 0 Å². The molecule has 4 heteroatoms. The molecule has 1 saturated heterocycles. The highest BCUT2D eigenvalue weighted by Gasteiger charge is 2.48. The van der Waals surface area contributed by atoms with Crippen LogP contribution in [0.4, 0.5) is 5.69 Å². The Bertz CT molecular complexity index is 538. The topological polar surface area (TPSA) is 37.4 Å². The Labute approximate surface area is 110 Å². The summed E-state index contributed by atoms with van der Waals surface area (Å²) in [5.74, 6) is -0.741. The molecule has 2 amide bonds. The van der Waals surface area contributed by atoms with Gasteiger partial charge in [-0.2, -0.15) is 0 Å². The van der Waals surface area contributed by atoms with Crippen molar-refractivity contribution in [2.45, 2.75) is 12.8 Å². The molecule has 1 aliphatic carbocycles. The van der Waals surface area contributed by atoms with Gasteiger partial charge in [-0.05, 0) is 25.0 Å². The molecule has 1 aliphatic heterocycles. The number of benzene rings is 1. The minimum Gasteiger partial charge on any atom is -0.274 e. The number of hydrogen-bond acceptors (Lipinski definition) is 2. The van der Waals surface area contributed by atoms with Gasteiger partial charge in [-0.25, -0.2) is 0 Å². The highest BCUT2D eigenvalue weighted by atomic mass is 35.5. The molecule has 0 radical (unpaired) electrons. The number of para-hydroxylation sites is 1. The van der Waals surface area contributed by atoms with Crippen molar-refractivity contribution in [1.82, 2.24) is 0 Å². The average molecular weight is 262 g/mol. The number of rotatable bonds is 1. The summed E-state index contributed by atoms with van der Waals surface area (Å²) in [6, 6.07) is 9.07. The van der Waals surface area contributed by atoms with Crippen LogP contribution in [0.5, 0.6) is 0 Å². The molecule has 3 rings (SSSR count). The van der Waals surface area contributed by atoms with E-state index in [0.29, 0.717) is 23.6 Å². The van der Waals surface area contributed by atoms with E-state index in [-0.39, 0.29) is 23.7 Å². The van der Waals surface area contributed by atoms with Crippen LogP contribution >= 0.6 is 11.6 Å². The summed E-state index contributed by atoms with van der Waals surface area (Å²) in [7, 11) is 0. The lowest BCUT2D eigenvalue weighted by molar-refractivity contribution is -0.122. The van der Waals surface area contributed by atoms with Gasteiger partial charge in [0.1, 0.15) is 0 Å². The summed E-state index contributed by atoms with van der Waals surface area (Å²) in [4.78, 5) is 25.9. The molecule has 0 unspecified atom stereocenters. The molecule has 0 saturated carbocycles. The second kappa shape index (κ2) is 4.25. The van der Waals surface area contributed by atoms with E-state index < -0.39 is 0 Å². The summed E-state index contributed by atoms with van der Waals surface area (Å²) < 4.78 is 0. The minimum atomic E-state index is -0.282. The molecule has 0 spiro atoms. The minimum absolute atomic E-state index is 0.100. The van der Waals surface area contributed by atoms with E-state index in [9.17, 15) is 9.59 Å². The number of carbonyl (C=O) groups is 2. The lowest BCUT2D eigenvalue weighted by Gasteiger charge is -2.17. The summed E-state index contributed by atoms with van der Waals surface area (Å²) >= 11 is 5.97. The van der Waals surface area contributed by atoms with Crippen molar-refractivity contribution in [2.24, 2.45) is 11.8 Å². The predicted octanol–water partition coefficient (Wildman–Crippen LogP) is 2.71. The van der Waals surface area contributed by atoms with Crippen LogP contribution in [0.2, 0.25) is 0 Å². The third-order valence-electron chi connectivity index (χ3n) is 3.58. The summed E-state index contributed by atoms with van der Waals surface area (Å²) in [6.07, 6.45) is 2.90. The first-order valence-corrected chi connectivity index (χ1v) is 6.33. The smallest absolute Gasteiger partial charge is 0.238 e. The molecule has 1 aromatic rings. The van der Waals surface area contributed by atoms with Gasteiger partial charge in [0.25, 0.3) is 0 Å². The molecule has 1 aromatic carbocycles. The van der Waals surface area contributed by atoms with Crippen molar-refractivity contribution < 1.29 is 9.59 Å². The standard InChI is InChI=1S/C14H12ClNO2/c15-9-6-7-11-12(8-9)14(18)16(13(11)17)10-4-2-1-3-5-10/h1-6,11-12H,7-8H2/t11-,12+/m0/s1. The van der Waals surface area contributed by atoms with Crippen LogP contribution < -0.4 is 4.90 Å². The third-order valence-corrected chi connectivity index (χ3v) is 3.89. The van der Waals surface area contributed by atoms with Gasteiger partial charge in [-0.1, -0.05) is 35.9 Å². The Morgan fingerprint density at radius 3 is 2.44 bits per heavy atom. The van der Waals surface area contributed by atoms with Gasteiger partial charge in [0.15, 0.2) is 0 Å². The summed E-state index contributed by atoms with van der Waals surface area (Å²) in [5.41, 5.74) is 0.651. The van der Waals surface area contributed by atoms with E-state index in [4.69, 9.17) is 11.6 Å². The largest absolute Gasteiger partial charge is 0.274 e. The fourth-order valence-corrected chi connectivity index (χ4v) is 2.91. The zero-order valence-corrected chi connectivity index (χ0v) is 10.4. The van der Waals surface area contributed by atoms with Gasteiger partial charge in [-0.3, -0.25) is 14.5 Å². The number of anilines is 1. The predicted molar refractivity (Wildman–Crippen MR) is 69.1 cm³/mol. The van der Waals surface area contributed by atoms with Gasteiger partial charge >= 0.3 is 0 Å². The van der Waals surface area contributed by atoms with Crippen molar-refractivity contribution in [2.75, 3.05) is 4.90 Å². The monoisotopic (exact) mass is 261 g/mol. The maximum absolute atomic E-state index is 12.3. The quantitative estimate of drug-likeness (QED) is 0.729. The van der Waals surface area contributed by atoms with E-state index in [2.05, 4.69) is 0 Å². The lowest BCUT2D eigenvalue weighted by Crippen LogP contribution is -2.30. The molecule has 1 fully saturated rings. The molecule has 0 bridgehead atoms. The number of nitrogens with zero attached hydrogens (tertiary/aromatic N) is 1. The van der Waals surface area contributed by atoms with E-state index in [1.54, 1.807) is 12.1 Å². The van der Waals surface area contributed by atoms with Gasteiger partial charge in [0, 0.05) is 5.03 Å². The summed E-state index contributed by atoms with van der Waals surface area (Å²) in [6.45, 7) is 0. The van der Waals surface area contributed by atoms with Crippen LogP contribution in [0.15, 0.2) is 41.4 Å². The van der Waals surface area contributed by atoms with Gasteiger partial charge in [0.05, 0.1) is 17.5 Å². The van der Waals surface area contributed by atoms with Crippen LogP contribution in [0.25, 0.3) is 0 Å². The zero-order valence-electron chi connectivity index (χ0n) is 9.67. The normalized spacial score (nSPS) is 27.2. The Balaban J connectivity index is 1.96. The first-order chi connectivity index (χ1) is 8.68. The molecule has 2 aliphatic rings. The third kappa shape index (κ3) is 1.66. The van der Waals surface area contributed by atoms with E-state index in [1.165, 1.54) is 4.90 Å². The molecule has 2 atom stereocenters. The SMILES string of the molecule is O=C1[C@H]2CC=C(Cl)C[C@H]2C(=O)N1c1ccccc1. The molecule has 0 N–H and O–H groups in total. The number of carbonyl (C=O) groups excluding carboxylic acids is 2. The zero-order chi connectivity index (χ0) is 12.7. The molecular weight excluding hydrogens is 250 g/mol. The van der Waals surface area contributed by atoms with Crippen LogP contribution in [0, 0.1) is 11.8 Å². The highest BCUT2D eigenvalue weighted by molar-refractivity contribution is 6.30. The number of amides is 2. The van der Waals surface area contributed by atoms with Crippen molar-refractivity contribution in [3.05, 3.63) is 41.4 Å². The van der Waals surface area contributed by atoms with E-state index in [0.717, 1.165) is 0 Å². The summed E-state index contributed by atoms with van der Waals surface area (Å²) in [5, 5.41) is 0.687. The maximum Gasteiger partial charge on any atom is 0.238 e. The second-order valence-corrected chi connectivity index (χ2v) is 5.14. The number of imide groups is 1. The molecule has 18 heavy (non-hydrogen) atoms. The van der Waals surface area contributed by atoms with Crippen LogP contribution in [0.1, 0.15) is 12.8 Å². The number of hydrogen-bond donors (Lipinski definition) is 0. The fourth-order valence-electron chi connectivity index (χ4n) is 2.66. The number of allylic oxidation sites excluding steroid dienone is 2. The molecule has 3 nitrogen and oxygen atoms in total. The maximum atomic E-state index is 12.3. The Morgan fingerprint density at radius 1 is 1.06 bits per heavy atom. The lowest BCUT2D eigenvalue weighted by atomic mass is 9.85. The van der Waals surface area contributed by atoms with E-state index in [1.807, 2.05) is 24.3 Å². The second-order valence-electron chi connectivity index (χ2n) is 4.65. The first-order valence-electron chi connectivity index (χ1n) is 5.96. The van der Waals surface area contributed by atoms with Gasteiger partial charge in [0.2, 0.25) is 11.8 Å². The van der Waals surface area contributed by atoms with Crippen molar-refractivity contribution in [3.8, 4) is 0 Å². The number of halogens is 1. The van der Waals surface area contributed by atoms with Crippen molar-refractivity contribution >= 4 is 29.1 Å². The molecule has 0 aromatic heterocycles. The first kappa shape index (κ1) is 11.5. The van der Waals surface area contributed by atoms with Crippen molar-refractivity contribution in [3.63, 3.8) is 0 Å². The van der Waals surface area contributed by atoms with Crippen LogP contribution in [0.3, 0.4) is 0 Å². The van der Waals surface area contributed by atoms with Crippen LogP contribution in [-0.2, 0) is 9.59 Å². The molecular formula is C14H12ClNO2. The van der Waals surface area contributed by atoms with Crippen LogP contribution in [-0.4, -0.2) is 11.8 Å². The van der Waals surface area contributed by atoms with Crippen molar-refractivity contribution in [1.29, 1.82) is 0 Å². The Morgan fingerprint density at radius 2 is 1.72 bits per heavy atom. The molecule has 1 heterocycles. The highest BCUT2D eigenvalue weighted by Crippen LogP contribution is 2.40. The fraction of sp³-hybridized carbons (Fsp3) is 0.286. The molecule has 92 valence electrons. The number of fused-ring (bicyclic) bond motifs is 1.